The maximum atomic E-state index is 11.4. The third-order valence-electron chi connectivity index (χ3n) is 2.21. The zero-order valence-corrected chi connectivity index (χ0v) is 11.9. The number of hydrogen-bond acceptors (Lipinski definition) is 9. The Hall–Kier alpha value is -2.49. The predicted molar refractivity (Wildman–Crippen MR) is 70.0 cm³/mol. The number of esters is 1. The van der Waals surface area contributed by atoms with Gasteiger partial charge in [0.2, 0.25) is 0 Å². The number of carbonyl (C=O) groups is 1. The van der Waals surface area contributed by atoms with Crippen LogP contribution in [0.15, 0.2) is 26.9 Å². The fourth-order valence-electron chi connectivity index (χ4n) is 1.36. The number of aryl methyl sites for hydroxylation is 1. The van der Waals surface area contributed by atoms with Gasteiger partial charge in [0.25, 0.3) is 5.22 Å². The molecule has 0 unspecified atom stereocenters. The standard InChI is InChI=1S/C11H10N4O5S/c1-3-19-10(16)8-13-14-11(20-8)21-9-7(15(17)18)4-6(2)5-12-9/h4-5H,3H2,1-2H3. The van der Waals surface area contributed by atoms with Crippen molar-refractivity contribution in [1.82, 2.24) is 15.2 Å². The highest BCUT2D eigenvalue weighted by Gasteiger charge is 2.21. The third-order valence-corrected chi connectivity index (χ3v) is 3.05. The summed E-state index contributed by atoms with van der Waals surface area (Å²) in [5.41, 5.74) is 0.486. The maximum absolute atomic E-state index is 11.4. The molecule has 110 valence electrons. The van der Waals surface area contributed by atoms with Gasteiger partial charge in [0, 0.05) is 12.3 Å². The molecule has 0 aliphatic carbocycles. The molecular weight excluding hydrogens is 300 g/mol. The number of nitro groups is 1. The summed E-state index contributed by atoms with van der Waals surface area (Å²) >= 11 is 0.807. The summed E-state index contributed by atoms with van der Waals surface area (Å²) in [5, 5.41) is 18.2. The van der Waals surface area contributed by atoms with Crippen LogP contribution in [0.4, 0.5) is 5.69 Å². The molecule has 0 aliphatic heterocycles. The number of aromatic nitrogens is 3. The zero-order valence-electron chi connectivity index (χ0n) is 11.1. The van der Waals surface area contributed by atoms with Gasteiger partial charge in [0.05, 0.1) is 11.5 Å². The van der Waals surface area contributed by atoms with Crippen LogP contribution in [0.5, 0.6) is 0 Å². The first-order chi connectivity index (χ1) is 10.0. The van der Waals surface area contributed by atoms with Crippen molar-refractivity contribution in [3.8, 4) is 0 Å². The molecule has 0 amide bonds. The first-order valence-corrected chi connectivity index (χ1v) is 6.62. The Labute approximate surface area is 122 Å². The van der Waals surface area contributed by atoms with Crippen LogP contribution < -0.4 is 0 Å². The van der Waals surface area contributed by atoms with E-state index in [1.165, 1.54) is 12.3 Å². The number of ether oxygens (including phenoxy) is 1. The molecule has 0 radical (unpaired) electrons. The van der Waals surface area contributed by atoms with E-state index in [2.05, 4.69) is 15.2 Å². The summed E-state index contributed by atoms with van der Waals surface area (Å²) in [5.74, 6) is -1.06. The number of pyridine rings is 1. The molecule has 0 fully saturated rings. The number of carbonyl (C=O) groups excluding carboxylic acids is 1. The first kappa shape index (κ1) is 14.9. The van der Waals surface area contributed by atoms with Gasteiger partial charge in [0.15, 0.2) is 5.03 Å². The maximum Gasteiger partial charge on any atom is 0.396 e. The molecule has 0 aliphatic rings. The van der Waals surface area contributed by atoms with Crippen LogP contribution in [-0.4, -0.2) is 32.7 Å². The summed E-state index contributed by atoms with van der Waals surface area (Å²) in [4.78, 5) is 25.8. The lowest BCUT2D eigenvalue weighted by Crippen LogP contribution is -2.04. The van der Waals surface area contributed by atoms with Crippen molar-refractivity contribution in [1.29, 1.82) is 0 Å². The van der Waals surface area contributed by atoms with Crippen LogP contribution in [0.2, 0.25) is 0 Å². The van der Waals surface area contributed by atoms with E-state index in [-0.39, 0.29) is 28.4 Å². The van der Waals surface area contributed by atoms with Gasteiger partial charge >= 0.3 is 17.5 Å². The van der Waals surface area contributed by atoms with Crippen molar-refractivity contribution in [2.75, 3.05) is 6.61 Å². The Morgan fingerprint density at radius 1 is 1.52 bits per heavy atom. The van der Waals surface area contributed by atoms with Gasteiger partial charge in [-0.1, -0.05) is 5.10 Å². The van der Waals surface area contributed by atoms with E-state index in [9.17, 15) is 14.9 Å². The SMILES string of the molecule is CCOC(=O)c1nnc(Sc2ncc(C)cc2[N+](=O)[O-])o1. The van der Waals surface area contributed by atoms with Crippen LogP contribution in [0, 0.1) is 17.0 Å². The van der Waals surface area contributed by atoms with Crippen molar-refractivity contribution in [3.05, 3.63) is 33.8 Å². The molecule has 0 bridgehead atoms. The molecule has 9 nitrogen and oxygen atoms in total. The molecule has 10 heteroatoms. The van der Waals surface area contributed by atoms with Gasteiger partial charge in [-0.05, 0) is 31.2 Å². The lowest BCUT2D eigenvalue weighted by molar-refractivity contribution is -0.388. The molecular formula is C11H10N4O5S. The van der Waals surface area contributed by atoms with Gasteiger partial charge < -0.3 is 9.15 Å². The minimum Gasteiger partial charge on any atom is -0.459 e. The van der Waals surface area contributed by atoms with E-state index in [0.29, 0.717) is 5.56 Å². The molecule has 0 saturated heterocycles. The van der Waals surface area contributed by atoms with E-state index < -0.39 is 10.9 Å². The molecule has 2 aromatic heterocycles. The molecule has 2 heterocycles. The number of hydrogen-bond donors (Lipinski definition) is 0. The topological polar surface area (TPSA) is 121 Å². The summed E-state index contributed by atoms with van der Waals surface area (Å²) in [6.07, 6.45) is 1.48. The van der Waals surface area contributed by atoms with Crippen molar-refractivity contribution < 1.29 is 18.9 Å². The number of nitrogens with zero attached hydrogens (tertiary/aromatic N) is 4. The Balaban J connectivity index is 2.23. The smallest absolute Gasteiger partial charge is 0.396 e. The third kappa shape index (κ3) is 3.54. The highest BCUT2D eigenvalue weighted by molar-refractivity contribution is 7.99. The molecule has 0 N–H and O–H groups in total. The Morgan fingerprint density at radius 2 is 2.29 bits per heavy atom. The quantitative estimate of drug-likeness (QED) is 0.463. The molecule has 0 aromatic carbocycles. The second kappa shape index (κ2) is 6.31. The monoisotopic (exact) mass is 310 g/mol. The lowest BCUT2D eigenvalue weighted by atomic mass is 10.3. The van der Waals surface area contributed by atoms with Crippen molar-refractivity contribution in [2.24, 2.45) is 0 Å². The van der Waals surface area contributed by atoms with Crippen LogP contribution in [-0.2, 0) is 4.74 Å². The minimum absolute atomic E-state index is 0.0301. The summed E-state index contributed by atoms with van der Waals surface area (Å²) < 4.78 is 9.77. The Morgan fingerprint density at radius 3 is 2.95 bits per heavy atom. The Bertz CT molecular complexity index is 687. The highest BCUT2D eigenvalue weighted by atomic mass is 32.2. The average Bonchev–Trinajstić information content (AvgIpc) is 2.89. The van der Waals surface area contributed by atoms with Crippen LogP contribution >= 0.6 is 11.8 Å². The molecule has 2 rings (SSSR count). The first-order valence-electron chi connectivity index (χ1n) is 5.80. The summed E-state index contributed by atoms with van der Waals surface area (Å²) in [6, 6.07) is 1.39. The van der Waals surface area contributed by atoms with Gasteiger partial charge in [-0.15, -0.1) is 5.10 Å². The van der Waals surface area contributed by atoms with Crippen LogP contribution in [0.25, 0.3) is 0 Å². The summed E-state index contributed by atoms with van der Waals surface area (Å²) in [7, 11) is 0. The lowest BCUT2D eigenvalue weighted by Gasteiger charge is -1.99. The molecule has 21 heavy (non-hydrogen) atoms. The molecule has 0 saturated carbocycles. The highest BCUT2D eigenvalue weighted by Crippen LogP contribution is 2.32. The van der Waals surface area contributed by atoms with Crippen LogP contribution in [0.1, 0.15) is 23.2 Å². The normalized spacial score (nSPS) is 10.4. The fourth-order valence-corrected chi connectivity index (χ4v) is 2.07. The average molecular weight is 310 g/mol. The second-order valence-corrected chi connectivity index (χ2v) is 4.73. The molecule has 0 atom stereocenters. The largest absolute Gasteiger partial charge is 0.459 e. The number of rotatable bonds is 5. The van der Waals surface area contributed by atoms with Crippen LogP contribution in [0.3, 0.4) is 0 Å². The van der Waals surface area contributed by atoms with E-state index in [0.717, 1.165) is 11.8 Å². The van der Waals surface area contributed by atoms with Gasteiger partial charge in [-0.25, -0.2) is 9.78 Å². The zero-order chi connectivity index (χ0) is 15.4. The second-order valence-electron chi connectivity index (χ2n) is 3.79. The summed E-state index contributed by atoms with van der Waals surface area (Å²) in [6.45, 7) is 3.51. The minimum atomic E-state index is -0.747. The van der Waals surface area contributed by atoms with Crippen molar-refractivity contribution >= 4 is 23.4 Å². The van der Waals surface area contributed by atoms with E-state index in [1.807, 2.05) is 0 Å². The van der Waals surface area contributed by atoms with Gasteiger partial charge in [-0.3, -0.25) is 10.1 Å². The fraction of sp³-hybridized carbons (Fsp3) is 0.273. The van der Waals surface area contributed by atoms with Gasteiger partial charge in [0.1, 0.15) is 0 Å². The van der Waals surface area contributed by atoms with Gasteiger partial charge in [-0.2, -0.15) is 0 Å². The van der Waals surface area contributed by atoms with Crippen molar-refractivity contribution in [3.63, 3.8) is 0 Å². The predicted octanol–water partition coefficient (Wildman–Crippen LogP) is 2.01. The van der Waals surface area contributed by atoms with E-state index in [4.69, 9.17) is 9.15 Å². The molecule has 0 spiro atoms. The van der Waals surface area contributed by atoms with E-state index in [1.54, 1.807) is 13.8 Å². The molecule has 2 aromatic rings. The van der Waals surface area contributed by atoms with Crippen molar-refractivity contribution in [2.45, 2.75) is 24.1 Å². The van der Waals surface area contributed by atoms with E-state index >= 15 is 0 Å². The Kier molecular flexibility index (Phi) is 4.48.